The molecule has 2 aromatic heterocycles. The third-order valence-corrected chi connectivity index (χ3v) is 4.99. The maximum atomic E-state index is 6.07. The van der Waals surface area contributed by atoms with Crippen LogP contribution in [0.15, 0.2) is 86.3 Å². The molecule has 0 radical (unpaired) electrons. The van der Waals surface area contributed by atoms with E-state index >= 15 is 0 Å². The molecule has 1 unspecified atom stereocenters. The number of hydrogen-bond acceptors (Lipinski definition) is 5. The number of nitrogens with one attached hydrogen (secondary N) is 1. The van der Waals surface area contributed by atoms with Crippen molar-refractivity contribution in [2.24, 2.45) is 4.99 Å². The molecule has 0 saturated heterocycles. The van der Waals surface area contributed by atoms with E-state index in [2.05, 4.69) is 29.4 Å². The van der Waals surface area contributed by atoms with E-state index in [1.807, 2.05) is 44.3 Å². The highest BCUT2D eigenvalue weighted by Crippen LogP contribution is 2.34. The van der Waals surface area contributed by atoms with Crippen molar-refractivity contribution >= 4 is 11.4 Å². The molecule has 0 spiro atoms. The molecule has 142 valence electrons. The molecule has 4 rings (SSSR count). The lowest BCUT2D eigenvalue weighted by Crippen LogP contribution is -2.04. The van der Waals surface area contributed by atoms with Gasteiger partial charge in [0.05, 0.1) is 24.6 Å². The molecule has 0 bridgehead atoms. The van der Waals surface area contributed by atoms with E-state index in [1.165, 1.54) is 0 Å². The second-order valence-corrected chi connectivity index (χ2v) is 6.90. The quantitative estimate of drug-likeness (QED) is 0.574. The molecular weight excluding hydrogens is 350 g/mol. The standard InChI is InChI=1S/C23H23N3O2/c1-15-4-5-18(12-21(15)26-16(2)19-10-11-27-14-19)23-25-13-22(28-23)17-6-8-20(24-3)9-7-17/h4-11,13-14,18,24H,12H2,1-3H3. The lowest BCUT2D eigenvalue weighted by atomic mass is 9.94. The number of benzene rings is 1. The monoisotopic (exact) mass is 373 g/mol. The van der Waals surface area contributed by atoms with Crippen molar-refractivity contribution in [2.75, 3.05) is 12.4 Å². The smallest absolute Gasteiger partial charge is 0.202 e. The van der Waals surface area contributed by atoms with E-state index in [-0.39, 0.29) is 5.92 Å². The number of nitrogens with zero attached hydrogens (tertiary/aromatic N) is 2. The number of oxazole rings is 1. The Morgan fingerprint density at radius 3 is 2.75 bits per heavy atom. The van der Waals surface area contributed by atoms with Crippen LogP contribution in [-0.2, 0) is 0 Å². The molecule has 1 atom stereocenters. The summed E-state index contributed by atoms with van der Waals surface area (Å²) >= 11 is 0. The second-order valence-electron chi connectivity index (χ2n) is 6.90. The Morgan fingerprint density at radius 2 is 2.04 bits per heavy atom. The zero-order valence-electron chi connectivity index (χ0n) is 16.3. The highest BCUT2D eigenvalue weighted by molar-refractivity contribution is 5.99. The summed E-state index contributed by atoms with van der Waals surface area (Å²) in [6, 6.07) is 10.0. The van der Waals surface area contributed by atoms with E-state index in [4.69, 9.17) is 13.8 Å². The topological polar surface area (TPSA) is 63.6 Å². The normalized spacial score (nSPS) is 17.2. The molecule has 1 N–H and O–H groups in total. The third kappa shape index (κ3) is 3.69. The minimum absolute atomic E-state index is 0.0740. The molecule has 1 aliphatic carbocycles. The van der Waals surface area contributed by atoms with Crippen LogP contribution in [0, 0.1) is 0 Å². The Morgan fingerprint density at radius 1 is 1.21 bits per heavy atom. The predicted molar refractivity (Wildman–Crippen MR) is 112 cm³/mol. The Hall–Kier alpha value is -3.34. The molecule has 28 heavy (non-hydrogen) atoms. The van der Waals surface area contributed by atoms with Gasteiger partial charge >= 0.3 is 0 Å². The molecule has 0 saturated carbocycles. The van der Waals surface area contributed by atoms with Gasteiger partial charge in [-0.1, -0.05) is 12.2 Å². The third-order valence-electron chi connectivity index (χ3n) is 4.99. The van der Waals surface area contributed by atoms with Crippen molar-refractivity contribution < 1.29 is 8.83 Å². The summed E-state index contributed by atoms with van der Waals surface area (Å²) in [5.41, 5.74) is 6.22. The molecule has 0 fully saturated rings. The van der Waals surface area contributed by atoms with Crippen LogP contribution in [-0.4, -0.2) is 17.7 Å². The summed E-state index contributed by atoms with van der Waals surface area (Å²) in [5.74, 6) is 1.56. The summed E-state index contributed by atoms with van der Waals surface area (Å²) in [6.07, 6.45) is 10.2. The average molecular weight is 373 g/mol. The Bertz CT molecular complexity index is 1040. The van der Waals surface area contributed by atoms with Gasteiger partial charge in [-0.05, 0) is 49.8 Å². The fraction of sp³-hybridized carbons (Fsp3) is 0.217. The van der Waals surface area contributed by atoms with Gasteiger partial charge in [0.1, 0.15) is 0 Å². The van der Waals surface area contributed by atoms with Crippen LogP contribution in [0.5, 0.6) is 0 Å². The maximum absolute atomic E-state index is 6.07. The molecule has 0 aliphatic heterocycles. The average Bonchev–Trinajstić information content (AvgIpc) is 3.42. The SMILES string of the molecule is CNc1ccc(-c2cnc(C3C=CC(C)=C(N=C(C)c4ccoc4)C3)o2)cc1. The van der Waals surface area contributed by atoms with Crippen molar-refractivity contribution in [2.45, 2.75) is 26.2 Å². The summed E-state index contributed by atoms with van der Waals surface area (Å²) in [5, 5.41) is 3.12. The summed E-state index contributed by atoms with van der Waals surface area (Å²) in [6.45, 7) is 4.08. The van der Waals surface area contributed by atoms with Gasteiger partial charge < -0.3 is 14.2 Å². The van der Waals surface area contributed by atoms with Gasteiger partial charge in [0.15, 0.2) is 5.76 Å². The zero-order chi connectivity index (χ0) is 19.5. The van der Waals surface area contributed by atoms with Crippen molar-refractivity contribution in [1.29, 1.82) is 0 Å². The highest BCUT2D eigenvalue weighted by Gasteiger charge is 2.21. The van der Waals surface area contributed by atoms with Gasteiger partial charge in [-0.2, -0.15) is 0 Å². The molecule has 5 nitrogen and oxygen atoms in total. The summed E-state index contributed by atoms with van der Waals surface area (Å²) in [4.78, 5) is 9.36. The Kier molecular flexibility index (Phi) is 4.98. The number of allylic oxidation sites excluding steroid dienone is 4. The molecule has 2 heterocycles. The first kappa shape index (κ1) is 18.0. The van der Waals surface area contributed by atoms with Crippen LogP contribution in [0.3, 0.4) is 0 Å². The predicted octanol–water partition coefficient (Wildman–Crippen LogP) is 5.80. The van der Waals surface area contributed by atoms with Crippen LogP contribution >= 0.6 is 0 Å². The van der Waals surface area contributed by atoms with Gasteiger partial charge in [0, 0.05) is 41.7 Å². The summed E-state index contributed by atoms with van der Waals surface area (Å²) < 4.78 is 11.2. The minimum Gasteiger partial charge on any atom is -0.472 e. The first-order valence-corrected chi connectivity index (χ1v) is 9.34. The number of furan rings is 1. The summed E-state index contributed by atoms with van der Waals surface area (Å²) in [7, 11) is 1.90. The Balaban J connectivity index is 1.54. The minimum atomic E-state index is 0.0740. The first-order valence-electron chi connectivity index (χ1n) is 9.34. The van der Waals surface area contributed by atoms with Crippen LogP contribution in [0.1, 0.15) is 37.6 Å². The second kappa shape index (κ2) is 7.72. The van der Waals surface area contributed by atoms with E-state index in [9.17, 15) is 0 Å². The van der Waals surface area contributed by atoms with E-state index in [0.29, 0.717) is 5.89 Å². The van der Waals surface area contributed by atoms with Gasteiger partial charge in [0.2, 0.25) is 5.89 Å². The lowest BCUT2D eigenvalue weighted by molar-refractivity contribution is 0.480. The largest absolute Gasteiger partial charge is 0.472 e. The van der Waals surface area contributed by atoms with E-state index < -0.39 is 0 Å². The van der Waals surface area contributed by atoms with Crippen LogP contribution in [0.25, 0.3) is 11.3 Å². The van der Waals surface area contributed by atoms with Crippen molar-refractivity contribution in [3.8, 4) is 11.3 Å². The number of aliphatic imine (C=N–C) groups is 1. The van der Waals surface area contributed by atoms with Gasteiger partial charge in [-0.15, -0.1) is 0 Å². The van der Waals surface area contributed by atoms with Gasteiger partial charge in [-0.3, -0.25) is 4.99 Å². The number of rotatable bonds is 5. The molecule has 0 amide bonds. The molecule has 1 aromatic carbocycles. The molecule has 5 heteroatoms. The maximum Gasteiger partial charge on any atom is 0.202 e. The fourth-order valence-electron chi connectivity index (χ4n) is 3.23. The highest BCUT2D eigenvalue weighted by atomic mass is 16.4. The van der Waals surface area contributed by atoms with Crippen molar-refractivity contribution in [3.63, 3.8) is 0 Å². The number of anilines is 1. The molecular formula is C23H23N3O2. The van der Waals surface area contributed by atoms with Crippen LogP contribution in [0.4, 0.5) is 5.69 Å². The van der Waals surface area contributed by atoms with Crippen LogP contribution in [0.2, 0.25) is 0 Å². The zero-order valence-corrected chi connectivity index (χ0v) is 16.3. The number of aromatic nitrogens is 1. The molecule has 3 aromatic rings. The molecule has 1 aliphatic rings. The van der Waals surface area contributed by atoms with Crippen molar-refractivity contribution in [1.82, 2.24) is 4.98 Å². The van der Waals surface area contributed by atoms with Crippen molar-refractivity contribution in [3.05, 3.63) is 83.9 Å². The Labute approximate surface area is 164 Å². The number of hydrogen-bond donors (Lipinski definition) is 1. The first-order chi connectivity index (χ1) is 13.6. The van der Waals surface area contributed by atoms with Gasteiger partial charge in [0.25, 0.3) is 0 Å². The lowest BCUT2D eigenvalue weighted by Gasteiger charge is -2.16. The van der Waals surface area contributed by atoms with E-state index in [0.717, 1.165) is 46.0 Å². The van der Waals surface area contributed by atoms with Crippen LogP contribution < -0.4 is 5.32 Å². The van der Waals surface area contributed by atoms with Gasteiger partial charge in [-0.25, -0.2) is 4.98 Å². The van der Waals surface area contributed by atoms with E-state index in [1.54, 1.807) is 18.7 Å². The fourth-order valence-corrected chi connectivity index (χ4v) is 3.23.